The minimum Gasteiger partial charge on any atom is -0.409 e. The first-order chi connectivity index (χ1) is 10.1. The summed E-state index contributed by atoms with van der Waals surface area (Å²) < 4.78 is 1.09. The lowest BCUT2D eigenvalue weighted by atomic mass is 10.0. The van der Waals surface area contributed by atoms with Crippen LogP contribution >= 0.6 is 15.9 Å². The summed E-state index contributed by atoms with van der Waals surface area (Å²) in [5.74, 6) is 0.317. The van der Waals surface area contributed by atoms with Crippen LogP contribution in [0.15, 0.2) is 46.0 Å². The Bertz CT molecular complexity index is 695. The van der Waals surface area contributed by atoms with Gasteiger partial charge in [0, 0.05) is 23.1 Å². The van der Waals surface area contributed by atoms with Crippen molar-refractivity contribution in [2.24, 2.45) is 16.3 Å². The smallest absolute Gasteiger partial charge is 0.139 e. The lowest BCUT2D eigenvalue weighted by Gasteiger charge is -2.16. The van der Waals surface area contributed by atoms with Crippen LogP contribution in [-0.4, -0.2) is 17.6 Å². The van der Waals surface area contributed by atoms with E-state index in [0.29, 0.717) is 12.3 Å². The largest absolute Gasteiger partial charge is 0.409 e. The number of oxime groups is 1. The quantitative estimate of drug-likeness (QED) is 0.332. The number of anilines is 1. The molecule has 1 aliphatic carbocycles. The maximum absolute atomic E-state index is 8.69. The fraction of sp³-hybridized carbons (Fsp3) is 0.312. The van der Waals surface area contributed by atoms with Gasteiger partial charge in [-0.3, -0.25) is 0 Å². The molecule has 0 aliphatic heterocycles. The highest BCUT2D eigenvalue weighted by molar-refractivity contribution is 9.10. The van der Waals surface area contributed by atoms with Gasteiger partial charge >= 0.3 is 0 Å². The third kappa shape index (κ3) is 3.29. The fourth-order valence-corrected chi connectivity index (χ4v) is 3.01. The van der Waals surface area contributed by atoms with Crippen molar-refractivity contribution in [2.75, 3.05) is 11.9 Å². The molecule has 0 radical (unpaired) electrons. The molecule has 1 fully saturated rings. The Kier molecular flexibility index (Phi) is 3.76. The molecule has 0 unspecified atom stereocenters. The average molecular weight is 348 g/mol. The second-order valence-electron chi connectivity index (χ2n) is 5.83. The molecule has 0 aromatic heterocycles. The van der Waals surface area contributed by atoms with E-state index in [1.54, 1.807) is 0 Å². The summed E-state index contributed by atoms with van der Waals surface area (Å²) in [5, 5.41) is 17.7. The van der Waals surface area contributed by atoms with Gasteiger partial charge in [-0.05, 0) is 53.3 Å². The minimum absolute atomic E-state index is 0.158. The summed E-state index contributed by atoms with van der Waals surface area (Å²) in [4.78, 5) is 0. The van der Waals surface area contributed by atoms with Gasteiger partial charge in [0.25, 0.3) is 0 Å². The number of halogens is 1. The van der Waals surface area contributed by atoms with Gasteiger partial charge in [0.1, 0.15) is 5.84 Å². The molecule has 0 saturated heterocycles. The number of nitrogens with zero attached hydrogens (tertiary/aromatic N) is 1. The second-order valence-corrected chi connectivity index (χ2v) is 6.74. The van der Waals surface area contributed by atoms with Gasteiger partial charge in [0.05, 0.1) is 0 Å². The SMILES string of the molecule is N/C(CC1(CNc2ccc3cc(Br)ccc3c2)CC1)=N/O. The Morgan fingerprint density at radius 1 is 1.24 bits per heavy atom. The highest BCUT2D eigenvalue weighted by Gasteiger charge is 2.43. The molecule has 2 aromatic rings. The van der Waals surface area contributed by atoms with Gasteiger partial charge in [-0.2, -0.15) is 0 Å². The van der Waals surface area contributed by atoms with Crippen molar-refractivity contribution in [2.45, 2.75) is 19.3 Å². The molecule has 1 saturated carbocycles. The van der Waals surface area contributed by atoms with Crippen molar-refractivity contribution in [1.82, 2.24) is 0 Å². The van der Waals surface area contributed by atoms with E-state index in [9.17, 15) is 0 Å². The molecule has 21 heavy (non-hydrogen) atoms. The highest BCUT2D eigenvalue weighted by Crippen LogP contribution is 2.48. The Hall–Kier alpha value is -1.75. The van der Waals surface area contributed by atoms with Crippen LogP contribution in [0, 0.1) is 5.41 Å². The molecule has 110 valence electrons. The molecule has 3 rings (SSSR count). The van der Waals surface area contributed by atoms with Gasteiger partial charge in [0.2, 0.25) is 0 Å². The maximum Gasteiger partial charge on any atom is 0.139 e. The van der Waals surface area contributed by atoms with Crippen LogP contribution in [0.2, 0.25) is 0 Å². The standard InChI is InChI=1S/C16H18BrN3O/c17-13-3-1-12-8-14(4-2-11(12)7-13)19-10-16(5-6-16)9-15(18)20-21/h1-4,7-8,19,21H,5-6,9-10H2,(H2,18,20). The Morgan fingerprint density at radius 3 is 2.67 bits per heavy atom. The number of hydrogen-bond acceptors (Lipinski definition) is 3. The van der Waals surface area contributed by atoms with Crippen molar-refractivity contribution in [1.29, 1.82) is 0 Å². The minimum atomic E-state index is 0.158. The summed E-state index contributed by atoms with van der Waals surface area (Å²) in [6.07, 6.45) is 2.89. The van der Waals surface area contributed by atoms with Crippen molar-refractivity contribution < 1.29 is 5.21 Å². The molecule has 0 bridgehead atoms. The first-order valence-electron chi connectivity index (χ1n) is 7.00. The lowest BCUT2D eigenvalue weighted by molar-refractivity contribution is 0.315. The molecule has 0 amide bonds. The van der Waals surface area contributed by atoms with Crippen molar-refractivity contribution in [3.8, 4) is 0 Å². The average Bonchev–Trinajstić information content (AvgIpc) is 3.25. The van der Waals surface area contributed by atoms with E-state index in [2.05, 4.69) is 56.7 Å². The number of nitrogens with two attached hydrogens (primary N) is 1. The van der Waals surface area contributed by atoms with E-state index in [1.165, 1.54) is 10.8 Å². The van der Waals surface area contributed by atoms with Crippen LogP contribution in [-0.2, 0) is 0 Å². The van der Waals surface area contributed by atoms with Gasteiger partial charge in [-0.25, -0.2) is 0 Å². The highest BCUT2D eigenvalue weighted by atomic mass is 79.9. The zero-order valence-electron chi connectivity index (χ0n) is 11.6. The monoisotopic (exact) mass is 347 g/mol. The van der Waals surface area contributed by atoms with E-state index < -0.39 is 0 Å². The summed E-state index contributed by atoms with van der Waals surface area (Å²) in [7, 11) is 0. The number of rotatable bonds is 5. The van der Waals surface area contributed by atoms with Crippen LogP contribution in [0.5, 0.6) is 0 Å². The van der Waals surface area contributed by atoms with Crippen LogP contribution in [0.3, 0.4) is 0 Å². The Morgan fingerprint density at radius 2 is 1.95 bits per heavy atom. The Balaban J connectivity index is 1.70. The van der Waals surface area contributed by atoms with E-state index >= 15 is 0 Å². The molecular formula is C16H18BrN3O. The molecule has 4 nitrogen and oxygen atoms in total. The molecule has 0 spiro atoms. The van der Waals surface area contributed by atoms with Crippen LogP contribution in [0.25, 0.3) is 10.8 Å². The van der Waals surface area contributed by atoms with E-state index in [0.717, 1.165) is 29.5 Å². The second kappa shape index (κ2) is 5.56. The number of nitrogens with one attached hydrogen (secondary N) is 1. The summed E-state index contributed by atoms with van der Waals surface area (Å²) >= 11 is 3.49. The lowest BCUT2D eigenvalue weighted by Crippen LogP contribution is -2.23. The molecule has 0 heterocycles. The number of fused-ring (bicyclic) bond motifs is 1. The third-order valence-corrected chi connectivity index (χ3v) is 4.60. The molecular weight excluding hydrogens is 330 g/mol. The summed E-state index contributed by atoms with van der Waals surface area (Å²) in [6, 6.07) is 12.6. The number of amidine groups is 1. The van der Waals surface area contributed by atoms with Gasteiger partial charge in [-0.15, -0.1) is 0 Å². The maximum atomic E-state index is 8.69. The predicted octanol–water partition coefficient (Wildman–Crippen LogP) is 3.93. The summed E-state index contributed by atoms with van der Waals surface area (Å²) in [5.41, 5.74) is 6.89. The normalized spacial score (nSPS) is 16.9. The zero-order chi connectivity index (χ0) is 14.9. The predicted molar refractivity (Wildman–Crippen MR) is 89.8 cm³/mol. The fourth-order valence-electron chi connectivity index (χ4n) is 2.63. The zero-order valence-corrected chi connectivity index (χ0v) is 13.2. The van der Waals surface area contributed by atoms with Gasteiger partial charge in [-0.1, -0.05) is 33.2 Å². The number of benzene rings is 2. The first kappa shape index (κ1) is 14.2. The molecule has 0 atom stereocenters. The molecule has 4 N–H and O–H groups in total. The van der Waals surface area contributed by atoms with Crippen molar-refractivity contribution >= 4 is 38.2 Å². The molecule has 5 heteroatoms. The molecule has 1 aliphatic rings. The summed E-state index contributed by atoms with van der Waals surface area (Å²) in [6.45, 7) is 0.852. The van der Waals surface area contributed by atoms with Crippen molar-refractivity contribution in [3.05, 3.63) is 40.9 Å². The topological polar surface area (TPSA) is 70.6 Å². The van der Waals surface area contributed by atoms with E-state index in [-0.39, 0.29) is 5.41 Å². The van der Waals surface area contributed by atoms with E-state index in [4.69, 9.17) is 10.9 Å². The van der Waals surface area contributed by atoms with Gasteiger partial charge < -0.3 is 16.3 Å². The Labute approximate surface area is 132 Å². The van der Waals surface area contributed by atoms with Crippen LogP contribution in [0.4, 0.5) is 5.69 Å². The molecule has 2 aromatic carbocycles. The third-order valence-electron chi connectivity index (χ3n) is 4.11. The van der Waals surface area contributed by atoms with Crippen LogP contribution < -0.4 is 11.1 Å². The number of hydrogen-bond donors (Lipinski definition) is 3. The van der Waals surface area contributed by atoms with Crippen molar-refractivity contribution in [3.63, 3.8) is 0 Å². The van der Waals surface area contributed by atoms with Gasteiger partial charge in [0.15, 0.2) is 0 Å². The first-order valence-corrected chi connectivity index (χ1v) is 7.79. The van der Waals surface area contributed by atoms with E-state index in [1.807, 2.05) is 6.07 Å². The van der Waals surface area contributed by atoms with Crippen LogP contribution in [0.1, 0.15) is 19.3 Å².